The highest BCUT2D eigenvalue weighted by atomic mass is 32.2. The summed E-state index contributed by atoms with van der Waals surface area (Å²) in [4.78, 5) is 12.3. The molecule has 1 aromatic carbocycles. The van der Waals surface area contributed by atoms with Gasteiger partial charge in [-0.1, -0.05) is 12.1 Å². The normalized spacial score (nSPS) is 17.1. The van der Waals surface area contributed by atoms with E-state index in [0.717, 1.165) is 16.9 Å². The number of morpholine rings is 1. The van der Waals surface area contributed by atoms with Gasteiger partial charge < -0.3 is 15.0 Å². The monoisotopic (exact) mass is 387 g/mol. The number of anilines is 1. The molecule has 9 heteroatoms. The Morgan fingerprint density at radius 3 is 2.67 bits per heavy atom. The van der Waals surface area contributed by atoms with Crippen molar-refractivity contribution in [1.29, 1.82) is 0 Å². The summed E-state index contributed by atoms with van der Waals surface area (Å²) in [6.45, 7) is 3.54. The average molecular weight is 387 g/mol. The van der Waals surface area contributed by atoms with E-state index in [1.54, 1.807) is 12.1 Å². The number of rotatable bonds is 5. The number of aromatic nitrogens is 3. The largest absolute Gasteiger partial charge is 0.379 e. The minimum Gasteiger partial charge on any atom is -0.379 e. The Kier molecular flexibility index (Phi) is 4.81. The van der Waals surface area contributed by atoms with Gasteiger partial charge in [-0.15, -0.1) is 0 Å². The van der Waals surface area contributed by atoms with E-state index in [9.17, 15) is 8.42 Å². The van der Waals surface area contributed by atoms with Crippen molar-refractivity contribution < 1.29 is 13.2 Å². The molecule has 0 spiro atoms. The zero-order chi connectivity index (χ0) is 18.9. The number of ether oxygens (including phenoxy) is 1. The van der Waals surface area contributed by atoms with Gasteiger partial charge in [0.2, 0.25) is 10.0 Å². The lowest BCUT2D eigenvalue weighted by molar-refractivity contribution is 0.0730. The lowest BCUT2D eigenvalue weighted by Gasteiger charge is -2.25. The van der Waals surface area contributed by atoms with Gasteiger partial charge >= 0.3 is 0 Å². The maximum atomic E-state index is 12.6. The number of hydrogen-bond donors (Lipinski definition) is 2. The Hall–Kier alpha value is -2.49. The van der Waals surface area contributed by atoms with Gasteiger partial charge in [0.25, 0.3) is 0 Å². The van der Waals surface area contributed by atoms with Gasteiger partial charge in [0.15, 0.2) is 0 Å². The van der Waals surface area contributed by atoms with E-state index in [4.69, 9.17) is 4.74 Å². The number of aromatic amines is 1. The number of pyridine rings is 1. The fourth-order valence-electron chi connectivity index (χ4n) is 3.02. The van der Waals surface area contributed by atoms with Crippen LogP contribution < -0.4 is 5.32 Å². The molecule has 1 unspecified atom stereocenters. The molecule has 142 valence electrons. The van der Waals surface area contributed by atoms with Crippen LogP contribution in [-0.4, -0.2) is 54.0 Å². The molecule has 1 saturated heterocycles. The second kappa shape index (κ2) is 7.26. The number of benzene rings is 1. The van der Waals surface area contributed by atoms with Crippen LogP contribution in [0.5, 0.6) is 0 Å². The Bertz CT molecular complexity index is 994. The molecule has 8 nitrogen and oxygen atoms in total. The standard InChI is InChI=1S/C18H21N5O3S/c1-13(18-21-15-4-2-3-5-16(15)22-18)20-17-7-6-14(12-19-17)27(24,25)23-8-10-26-11-9-23/h2-7,12-13H,8-11H2,1H3,(H,19,20)(H,21,22). The molecule has 3 heterocycles. The number of nitrogens with one attached hydrogen (secondary N) is 2. The highest BCUT2D eigenvalue weighted by Crippen LogP contribution is 2.21. The second-order valence-corrected chi connectivity index (χ2v) is 8.34. The zero-order valence-electron chi connectivity index (χ0n) is 14.9. The Morgan fingerprint density at radius 1 is 1.19 bits per heavy atom. The molecule has 0 radical (unpaired) electrons. The van der Waals surface area contributed by atoms with E-state index in [-0.39, 0.29) is 10.9 Å². The van der Waals surface area contributed by atoms with Crippen molar-refractivity contribution in [3.05, 3.63) is 48.4 Å². The van der Waals surface area contributed by atoms with Crippen molar-refractivity contribution in [2.45, 2.75) is 17.9 Å². The van der Waals surface area contributed by atoms with Crippen molar-refractivity contribution in [2.24, 2.45) is 0 Å². The van der Waals surface area contributed by atoms with Crippen LogP contribution >= 0.6 is 0 Å². The predicted molar refractivity (Wildman–Crippen MR) is 102 cm³/mol. The minimum absolute atomic E-state index is 0.105. The van der Waals surface area contributed by atoms with Crippen molar-refractivity contribution in [2.75, 3.05) is 31.6 Å². The first-order valence-corrected chi connectivity index (χ1v) is 10.2. The Labute approximate surface area is 157 Å². The smallest absolute Gasteiger partial charge is 0.244 e. The van der Waals surface area contributed by atoms with Gasteiger partial charge in [-0.05, 0) is 31.2 Å². The van der Waals surface area contributed by atoms with Crippen LogP contribution in [0.25, 0.3) is 11.0 Å². The van der Waals surface area contributed by atoms with Crippen LogP contribution in [0.3, 0.4) is 0 Å². The molecule has 0 amide bonds. The fraction of sp³-hybridized carbons (Fsp3) is 0.333. The van der Waals surface area contributed by atoms with Crippen molar-refractivity contribution in [3.63, 3.8) is 0 Å². The maximum Gasteiger partial charge on any atom is 0.244 e. The summed E-state index contributed by atoms with van der Waals surface area (Å²) in [5.74, 6) is 1.38. The lowest BCUT2D eigenvalue weighted by atomic mass is 10.3. The van der Waals surface area contributed by atoms with E-state index in [0.29, 0.717) is 32.1 Å². The molecule has 2 N–H and O–H groups in total. The number of para-hydroxylation sites is 2. The van der Waals surface area contributed by atoms with E-state index in [1.165, 1.54) is 10.5 Å². The van der Waals surface area contributed by atoms with Crippen molar-refractivity contribution in [1.82, 2.24) is 19.3 Å². The summed E-state index contributed by atoms with van der Waals surface area (Å²) >= 11 is 0. The summed E-state index contributed by atoms with van der Waals surface area (Å²) in [5, 5.41) is 3.24. The molecule has 2 aromatic heterocycles. The third kappa shape index (κ3) is 3.66. The molecule has 1 aliphatic rings. The molecule has 1 aliphatic heterocycles. The maximum absolute atomic E-state index is 12.6. The molecule has 0 aliphatic carbocycles. The van der Waals surface area contributed by atoms with Gasteiger partial charge in [-0.25, -0.2) is 18.4 Å². The highest BCUT2D eigenvalue weighted by Gasteiger charge is 2.26. The summed E-state index contributed by atoms with van der Waals surface area (Å²) < 4.78 is 31.9. The molecule has 0 saturated carbocycles. The van der Waals surface area contributed by atoms with Crippen LogP contribution in [0.15, 0.2) is 47.5 Å². The predicted octanol–water partition coefficient (Wildman–Crippen LogP) is 2.15. The molecule has 27 heavy (non-hydrogen) atoms. The molecule has 1 atom stereocenters. The first-order valence-electron chi connectivity index (χ1n) is 8.79. The molecule has 4 rings (SSSR count). The van der Waals surface area contributed by atoms with E-state index in [2.05, 4.69) is 20.3 Å². The number of H-pyrrole nitrogens is 1. The number of sulfonamides is 1. The minimum atomic E-state index is -3.53. The number of hydrogen-bond acceptors (Lipinski definition) is 6. The first-order chi connectivity index (χ1) is 13.0. The third-order valence-corrected chi connectivity index (χ3v) is 6.41. The third-order valence-electron chi connectivity index (χ3n) is 4.53. The lowest BCUT2D eigenvalue weighted by Crippen LogP contribution is -2.40. The van der Waals surface area contributed by atoms with Crippen molar-refractivity contribution >= 4 is 26.9 Å². The summed E-state index contributed by atoms with van der Waals surface area (Å²) in [5.41, 5.74) is 1.88. The van der Waals surface area contributed by atoms with E-state index >= 15 is 0 Å². The molecular formula is C18H21N5O3S. The second-order valence-electron chi connectivity index (χ2n) is 6.40. The molecule has 3 aromatic rings. The van der Waals surface area contributed by atoms with Gasteiger partial charge in [-0.2, -0.15) is 4.31 Å². The fourth-order valence-corrected chi connectivity index (χ4v) is 4.38. The van der Waals surface area contributed by atoms with E-state index in [1.807, 2.05) is 31.2 Å². The number of fused-ring (bicyclic) bond motifs is 1. The van der Waals surface area contributed by atoms with Crippen LogP contribution in [0, 0.1) is 0 Å². The first kappa shape index (κ1) is 17.9. The van der Waals surface area contributed by atoms with Gasteiger partial charge in [0, 0.05) is 19.3 Å². The molecule has 0 bridgehead atoms. The van der Waals surface area contributed by atoms with Crippen LogP contribution in [-0.2, 0) is 14.8 Å². The average Bonchev–Trinajstić information content (AvgIpc) is 3.13. The zero-order valence-corrected chi connectivity index (χ0v) is 15.7. The molecule has 1 fully saturated rings. The summed E-state index contributed by atoms with van der Waals surface area (Å²) in [7, 11) is -3.53. The topological polar surface area (TPSA) is 100 Å². The quantitative estimate of drug-likeness (QED) is 0.696. The van der Waals surface area contributed by atoms with Crippen LogP contribution in [0.2, 0.25) is 0 Å². The van der Waals surface area contributed by atoms with Gasteiger partial charge in [0.05, 0.1) is 30.3 Å². The van der Waals surface area contributed by atoms with Crippen LogP contribution in [0.4, 0.5) is 5.82 Å². The Morgan fingerprint density at radius 2 is 1.96 bits per heavy atom. The van der Waals surface area contributed by atoms with Gasteiger partial charge in [0.1, 0.15) is 16.5 Å². The van der Waals surface area contributed by atoms with Gasteiger partial charge in [-0.3, -0.25) is 0 Å². The summed E-state index contributed by atoms with van der Waals surface area (Å²) in [6, 6.07) is 11.0. The van der Waals surface area contributed by atoms with Crippen LogP contribution in [0.1, 0.15) is 18.8 Å². The van der Waals surface area contributed by atoms with E-state index < -0.39 is 10.0 Å². The Balaban J connectivity index is 1.48. The van der Waals surface area contributed by atoms with Crippen molar-refractivity contribution in [3.8, 4) is 0 Å². The molecular weight excluding hydrogens is 366 g/mol. The summed E-state index contributed by atoms with van der Waals surface area (Å²) in [6.07, 6.45) is 1.39. The SMILES string of the molecule is CC(Nc1ccc(S(=O)(=O)N2CCOCC2)cn1)c1nc2ccccc2[nH]1. The highest BCUT2D eigenvalue weighted by molar-refractivity contribution is 7.89. The number of nitrogens with zero attached hydrogens (tertiary/aromatic N) is 3. The number of imidazole rings is 1.